The van der Waals surface area contributed by atoms with E-state index in [1.807, 2.05) is 0 Å². The predicted octanol–water partition coefficient (Wildman–Crippen LogP) is 0.0481. The van der Waals surface area contributed by atoms with E-state index in [0.717, 1.165) is 0 Å². The zero-order valence-corrected chi connectivity index (χ0v) is 9.06. The minimum absolute atomic E-state index is 0. The molecule has 0 saturated carbocycles. The first kappa shape index (κ1) is 47.4. The largest absolute Gasteiger partial charge is 0.153 e. The van der Waals surface area contributed by atoms with Crippen molar-refractivity contribution in [3.05, 3.63) is 0 Å². The van der Waals surface area contributed by atoms with Crippen LogP contribution in [0.4, 0.5) is 0 Å². The van der Waals surface area contributed by atoms with Crippen LogP contribution >= 0.6 is 9.90 Å². The number of hydrogen-bond donors (Lipinski definition) is 0. The van der Waals surface area contributed by atoms with Crippen molar-refractivity contribution in [1.82, 2.24) is 0 Å². The van der Waals surface area contributed by atoms with Crippen LogP contribution in [0.3, 0.4) is 0 Å². The van der Waals surface area contributed by atoms with Gasteiger partial charge in [0, 0.05) is 72.9 Å². The van der Waals surface area contributed by atoms with E-state index in [1.54, 1.807) is 0 Å². The fourth-order valence-electron chi connectivity index (χ4n) is 0. The van der Waals surface area contributed by atoms with Crippen LogP contribution in [-0.2, 0) is 72.9 Å². The van der Waals surface area contributed by atoms with Gasteiger partial charge in [0.15, 0.2) is 0 Å². The van der Waals surface area contributed by atoms with Crippen LogP contribution in [0.2, 0.25) is 0 Å². The van der Waals surface area contributed by atoms with Gasteiger partial charge in [0.1, 0.15) is 0 Å². The van der Waals surface area contributed by atoms with Crippen molar-refractivity contribution < 1.29 is 72.9 Å². The van der Waals surface area contributed by atoms with Crippen LogP contribution in [0.1, 0.15) is 0 Å². The van der Waals surface area contributed by atoms with E-state index in [0.29, 0.717) is 0 Å². The summed E-state index contributed by atoms with van der Waals surface area (Å²) in [6.07, 6.45) is 0. The van der Waals surface area contributed by atoms with Gasteiger partial charge in [-0.1, -0.05) is 0 Å². The van der Waals surface area contributed by atoms with Gasteiger partial charge >= 0.3 is 0 Å². The molecule has 1 atom stereocenters. The van der Waals surface area contributed by atoms with E-state index in [4.69, 9.17) is 0 Å². The average Bonchev–Trinajstić information content (AvgIpc) is 0. The number of hydrogen-bond acceptors (Lipinski definition) is 0. The second-order valence-electron chi connectivity index (χ2n) is 0. The van der Waals surface area contributed by atoms with Crippen molar-refractivity contribution in [1.29, 1.82) is 0 Å². The molecule has 0 aliphatic carbocycles. The molecule has 0 aliphatic heterocycles. The Morgan fingerprint density at radius 1 is 1.00 bits per heavy atom. The summed E-state index contributed by atoms with van der Waals surface area (Å²) in [5.74, 6) is 0. The molecule has 0 aromatic carbocycles. The Kier molecular flexibility index (Phi) is 283. The molecule has 0 amide bonds. The molecule has 0 N–H and O–H groups in total. The molecule has 0 aromatic heterocycles. The summed E-state index contributed by atoms with van der Waals surface area (Å²) in [7, 11) is 0. The molecule has 0 fully saturated rings. The van der Waals surface area contributed by atoms with Crippen LogP contribution in [0.25, 0.3) is 0 Å². The molecule has 0 rings (SSSR count). The van der Waals surface area contributed by atoms with Gasteiger partial charge in [0.25, 0.3) is 0 Å². The summed E-state index contributed by atoms with van der Waals surface area (Å²) in [5, 5.41) is 0. The van der Waals surface area contributed by atoms with Crippen molar-refractivity contribution in [2.24, 2.45) is 0 Å². The van der Waals surface area contributed by atoms with Gasteiger partial charge in [-0.05, 0) is 0 Å². The molecule has 0 bridgehead atoms. The Labute approximate surface area is 81.9 Å². The SMILES string of the molecule is P.[Co].[Mo].[Ni].[V]. The van der Waals surface area contributed by atoms with E-state index < -0.39 is 0 Å². The molecule has 0 spiro atoms. The first-order chi connectivity index (χ1) is 0. The van der Waals surface area contributed by atoms with Crippen LogP contribution in [0.15, 0.2) is 0 Å². The smallest absolute Gasteiger partial charge is 0 e. The van der Waals surface area contributed by atoms with Crippen molar-refractivity contribution in [2.75, 3.05) is 0 Å². The summed E-state index contributed by atoms with van der Waals surface area (Å²) in [6.45, 7) is 0. The van der Waals surface area contributed by atoms with Gasteiger partial charge in [-0.2, -0.15) is 9.90 Å². The second-order valence-corrected chi connectivity index (χ2v) is 0. The fraction of sp³-hybridized carbons (Fsp3) is 0. The topological polar surface area (TPSA) is 0 Å². The zero-order chi connectivity index (χ0) is 0. The quantitative estimate of drug-likeness (QED) is 0.438. The molecule has 5 heteroatoms. The van der Waals surface area contributed by atoms with Crippen molar-refractivity contribution in [3.8, 4) is 0 Å². The van der Waals surface area contributed by atoms with Crippen LogP contribution in [-0.4, -0.2) is 0 Å². The second kappa shape index (κ2) is 29.8. The first-order valence-corrected chi connectivity index (χ1v) is 0. The van der Waals surface area contributed by atoms with Gasteiger partial charge in [-0.3, -0.25) is 0 Å². The molecule has 38 valence electrons. The summed E-state index contributed by atoms with van der Waals surface area (Å²) >= 11 is 0. The van der Waals surface area contributed by atoms with E-state index in [2.05, 4.69) is 0 Å². The van der Waals surface area contributed by atoms with Crippen LogP contribution in [0.5, 0.6) is 0 Å². The summed E-state index contributed by atoms with van der Waals surface area (Å²) in [5.41, 5.74) is 0. The van der Waals surface area contributed by atoms with Crippen molar-refractivity contribution in [2.45, 2.75) is 0 Å². The third-order valence-electron chi connectivity index (χ3n) is 0. The van der Waals surface area contributed by atoms with E-state index >= 15 is 0 Å². The predicted molar refractivity (Wildman–Crippen MR) is 11.1 cm³/mol. The summed E-state index contributed by atoms with van der Waals surface area (Å²) < 4.78 is 0. The summed E-state index contributed by atoms with van der Waals surface area (Å²) in [6, 6.07) is 0. The number of rotatable bonds is 0. The minimum Gasteiger partial charge on any atom is -0.153 e. The molecule has 0 nitrogen and oxygen atoms in total. The molecule has 0 heterocycles. The molecular weight excluding hydrogens is 295 g/mol. The standard InChI is InChI=1S/Co.Mo.Ni.H3P.V/h;;;1H3;. The molecule has 5 heavy (non-hydrogen) atoms. The fourth-order valence-corrected chi connectivity index (χ4v) is 0. The Morgan fingerprint density at radius 2 is 1.00 bits per heavy atom. The molecule has 2 radical (unpaired) electrons. The van der Waals surface area contributed by atoms with Gasteiger partial charge < -0.3 is 0 Å². The van der Waals surface area contributed by atoms with Gasteiger partial charge in [0.2, 0.25) is 0 Å². The maximum Gasteiger partial charge on any atom is 0 e. The monoisotopic (exact) mass is 300 g/mol. The third kappa shape index (κ3) is 20.3. The van der Waals surface area contributed by atoms with Crippen molar-refractivity contribution in [3.63, 3.8) is 0 Å². The van der Waals surface area contributed by atoms with E-state index in [9.17, 15) is 0 Å². The molecule has 1 unspecified atom stereocenters. The maximum absolute atomic E-state index is 0. The zero-order valence-electron chi connectivity index (χ0n) is 2.21. The molecular formula is H3CoMoNiPV. The Balaban J connectivity index is 0. The Hall–Kier alpha value is 2.70. The Morgan fingerprint density at radius 3 is 1.00 bits per heavy atom. The summed E-state index contributed by atoms with van der Waals surface area (Å²) in [4.78, 5) is 0. The average molecular weight is 299 g/mol. The van der Waals surface area contributed by atoms with Gasteiger partial charge in [-0.15, -0.1) is 0 Å². The minimum atomic E-state index is 0. The first-order valence-electron chi connectivity index (χ1n) is 0. The Bertz CT molecular complexity index is 11.6. The van der Waals surface area contributed by atoms with E-state index in [-0.39, 0.29) is 82.8 Å². The van der Waals surface area contributed by atoms with Crippen molar-refractivity contribution >= 4 is 9.90 Å². The van der Waals surface area contributed by atoms with E-state index in [1.165, 1.54) is 0 Å². The van der Waals surface area contributed by atoms with Crippen LogP contribution < -0.4 is 0 Å². The molecule has 0 saturated heterocycles. The van der Waals surface area contributed by atoms with Gasteiger partial charge in [0.05, 0.1) is 0 Å². The maximum atomic E-state index is 0. The third-order valence-corrected chi connectivity index (χ3v) is 0. The van der Waals surface area contributed by atoms with Crippen LogP contribution in [0, 0.1) is 0 Å². The molecule has 0 aromatic rings. The molecule has 0 aliphatic rings. The normalized spacial score (nSPS) is 0. The van der Waals surface area contributed by atoms with Gasteiger partial charge in [-0.25, -0.2) is 0 Å².